The summed E-state index contributed by atoms with van der Waals surface area (Å²) in [6.45, 7) is 5.46. The third-order valence-electron chi connectivity index (χ3n) is 3.48. The van der Waals surface area contributed by atoms with E-state index in [-0.39, 0.29) is 18.9 Å². The van der Waals surface area contributed by atoms with Crippen molar-refractivity contribution in [3.63, 3.8) is 0 Å². The van der Waals surface area contributed by atoms with E-state index < -0.39 is 5.97 Å². The van der Waals surface area contributed by atoms with Gasteiger partial charge in [0.25, 0.3) is 5.91 Å². The predicted molar refractivity (Wildman–Crippen MR) is 76.5 cm³/mol. The summed E-state index contributed by atoms with van der Waals surface area (Å²) >= 11 is 1.50. The molecular formula is C14H20N2O3S. The second-order valence-electron chi connectivity index (χ2n) is 5.26. The number of likely N-dealkylation sites (tertiary alicyclic amines) is 1. The Bertz CT molecular complexity index is 479. The first-order valence-electron chi connectivity index (χ1n) is 6.89. The summed E-state index contributed by atoms with van der Waals surface area (Å²) in [4.78, 5) is 29.5. The zero-order valence-corrected chi connectivity index (χ0v) is 12.7. The van der Waals surface area contributed by atoms with Crippen LogP contribution in [0.25, 0.3) is 0 Å². The van der Waals surface area contributed by atoms with Crippen LogP contribution in [0.15, 0.2) is 5.38 Å². The van der Waals surface area contributed by atoms with Gasteiger partial charge in [0.2, 0.25) is 0 Å². The zero-order valence-electron chi connectivity index (χ0n) is 11.9. The van der Waals surface area contributed by atoms with Gasteiger partial charge in [0.05, 0.1) is 17.1 Å². The van der Waals surface area contributed by atoms with E-state index in [0.29, 0.717) is 11.6 Å². The average Bonchev–Trinajstić information content (AvgIpc) is 2.82. The minimum Gasteiger partial charge on any atom is -0.455 e. The van der Waals surface area contributed by atoms with Gasteiger partial charge in [-0.2, -0.15) is 0 Å². The lowest BCUT2D eigenvalue weighted by Gasteiger charge is -2.30. The van der Waals surface area contributed by atoms with E-state index in [1.807, 2.05) is 12.3 Å². The molecule has 1 aromatic rings. The molecule has 110 valence electrons. The lowest BCUT2D eigenvalue weighted by atomic mass is 9.99. The minimum atomic E-state index is -0.394. The maximum atomic E-state index is 11.9. The van der Waals surface area contributed by atoms with E-state index in [2.05, 4.69) is 11.9 Å². The Hall–Kier alpha value is -1.43. The summed E-state index contributed by atoms with van der Waals surface area (Å²) in [6.07, 6.45) is 2.18. The molecule has 0 saturated carbocycles. The second-order valence-corrected chi connectivity index (χ2v) is 6.32. The first-order chi connectivity index (χ1) is 9.54. The van der Waals surface area contributed by atoms with Crippen LogP contribution in [0.4, 0.5) is 0 Å². The first-order valence-corrected chi connectivity index (χ1v) is 7.77. The Morgan fingerprint density at radius 2 is 2.15 bits per heavy atom. The number of ether oxygens (including phenoxy) is 1. The third-order valence-corrected chi connectivity index (χ3v) is 4.31. The van der Waals surface area contributed by atoms with Gasteiger partial charge in [-0.05, 0) is 25.7 Å². The molecular weight excluding hydrogens is 276 g/mol. The Balaban J connectivity index is 1.71. The molecule has 0 radical (unpaired) electrons. The maximum absolute atomic E-state index is 11.9. The normalized spacial score (nSPS) is 16.2. The predicted octanol–water partition coefficient (Wildman–Crippen LogP) is 1.80. The van der Waals surface area contributed by atoms with E-state index >= 15 is 0 Å². The molecule has 2 rings (SSSR count). The fourth-order valence-corrected chi connectivity index (χ4v) is 2.79. The van der Waals surface area contributed by atoms with Crippen molar-refractivity contribution in [3.05, 3.63) is 16.1 Å². The molecule has 1 aliphatic heterocycles. The number of piperidine rings is 1. The molecule has 1 fully saturated rings. The summed E-state index contributed by atoms with van der Waals surface area (Å²) in [5, 5.41) is 2.76. The SMILES string of the molecule is Cc1nc(CC(=O)OCC(=O)N2CCC(C)CC2)cs1. The van der Waals surface area contributed by atoms with Crippen LogP contribution < -0.4 is 0 Å². The largest absolute Gasteiger partial charge is 0.455 e. The lowest BCUT2D eigenvalue weighted by molar-refractivity contribution is -0.152. The number of hydrogen-bond donors (Lipinski definition) is 0. The Morgan fingerprint density at radius 3 is 2.75 bits per heavy atom. The molecule has 2 heterocycles. The molecule has 5 nitrogen and oxygen atoms in total. The van der Waals surface area contributed by atoms with Crippen molar-refractivity contribution in [2.45, 2.75) is 33.1 Å². The highest BCUT2D eigenvalue weighted by Gasteiger charge is 2.21. The van der Waals surface area contributed by atoms with Crippen LogP contribution in [0.3, 0.4) is 0 Å². The van der Waals surface area contributed by atoms with E-state index in [1.54, 1.807) is 4.90 Å². The van der Waals surface area contributed by atoms with Crippen molar-refractivity contribution in [2.75, 3.05) is 19.7 Å². The van der Waals surface area contributed by atoms with Gasteiger partial charge >= 0.3 is 5.97 Å². The minimum absolute atomic E-state index is 0.0975. The Morgan fingerprint density at radius 1 is 1.45 bits per heavy atom. The zero-order chi connectivity index (χ0) is 14.5. The number of carbonyl (C=O) groups excluding carboxylic acids is 2. The van der Waals surface area contributed by atoms with Crippen molar-refractivity contribution in [1.29, 1.82) is 0 Å². The van der Waals surface area contributed by atoms with Crippen molar-refractivity contribution in [2.24, 2.45) is 5.92 Å². The molecule has 0 N–H and O–H groups in total. The molecule has 0 aliphatic carbocycles. The number of hydrogen-bond acceptors (Lipinski definition) is 5. The molecule has 1 aromatic heterocycles. The van der Waals surface area contributed by atoms with Gasteiger partial charge in [-0.3, -0.25) is 9.59 Å². The van der Waals surface area contributed by atoms with Crippen LogP contribution in [0.5, 0.6) is 0 Å². The van der Waals surface area contributed by atoms with E-state index in [9.17, 15) is 9.59 Å². The van der Waals surface area contributed by atoms with E-state index in [0.717, 1.165) is 30.9 Å². The molecule has 0 bridgehead atoms. The lowest BCUT2D eigenvalue weighted by Crippen LogP contribution is -2.40. The summed E-state index contributed by atoms with van der Waals surface area (Å²) in [5.74, 6) is 0.184. The topological polar surface area (TPSA) is 59.5 Å². The van der Waals surface area contributed by atoms with Crippen LogP contribution >= 0.6 is 11.3 Å². The van der Waals surface area contributed by atoms with Gasteiger partial charge in [0.15, 0.2) is 6.61 Å². The van der Waals surface area contributed by atoms with Crippen LogP contribution in [-0.2, 0) is 20.7 Å². The number of rotatable bonds is 4. The van der Waals surface area contributed by atoms with Crippen molar-refractivity contribution in [1.82, 2.24) is 9.88 Å². The van der Waals surface area contributed by atoms with Crippen LogP contribution in [0.2, 0.25) is 0 Å². The van der Waals surface area contributed by atoms with E-state index in [4.69, 9.17) is 4.74 Å². The molecule has 20 heavy (non-hydrogen) atoms. The maximum Gasteiger partial charge on any atom is 0.312 e. The van der Waals surface area contributed by atoms with Gasteiger partial charge in [0.1, 0.15) is 0 Å². The number of thiazole rings is 1. The molecule has 1 amide bonds. The molecule has 1 saturated heterocycles. The Labute approximate surface area is 122 Å². The molecule has 0 atom stereocenters. The molecule has 0 spiro atoms. The molecule has 0 unspecified atom stereocenters. The first kappa shape index (κ1) is 15.0. The summed E-state index contributed by atoms with van der Waals surface area (Å²) in [5.41, 5.74) is 0.705. The number of aromatic nitrogens is 1. The highest BCUT2D eigenvalue weighted by atomic mass is 32.1. The fraction of sp³-hybridized carbons (Fsp3) is 0.643. The highest BCUT2D eigenvalue weighted by molar-refractivity contribution is 7.09. The van der Waals surface area contributed by atoms with Crippen LogP contribution in [-0.4, -0.2) is 41.5 Å². The standard InChI is InChI=1S/C14H20N2O3S/c1-10-3-5-16(6-4-10)13(17)8-19-14(18)7-12-9-20-11(2)15-12/h9-10H,3-8H2,1-2H3. The number of nitrogens with zero attached hydrogens (tertiary/aromatic N) is 2. The van der Waals surface area contributed by atoms with Gasteiger partial charge in [-0.15, -0.1) is 11.3 Å². The number of amides is 1. The molecule has 0 aromatic carbocycles. The van der Waals surface area contributed by atoms with Gasteiger partial charge < -0.3 is 9.64 Å². The highest BCUT2D eigenvalue weighted by Crippen LogP contribution is 2.16. The summed E-state index contributed by atoms with van der Waals surface area (Å²) < 4.78 is 5.03. The average molecular weight is 296 g/mol. The summed E-state index contributed by atoms with van der Waals surface area (Å²) in [7, 11) is 0. The van der Waals surface area contributed by atoms with Crippen LogP contribution in [0, 0.1) is 12.8 Å². The van der Waals surface area contributed by atoms with Crippen molar-refractivity contribution in [3.8, 4) is 0 Å². The van der Waals surface area contributed by atoms with Crippen LogP contribution in [0.1, 0.15) is 30.5 Å². The second kappa shape index (κ2) is 6.83. The van der Waals surface area contributed by atoms with Gasteiger partial charge in [-0.25, -0.2) is 4.98 Å². The van der Waals surface area contributed by atoms with Crippen molar-refractivity contribution < 1.29 is 14.3 Å². The smallest absolute Gasteiger partial charge is 0.312 e. The molecule has 1 aliphatic rings. The molecule has 6 heteroatoms. The Kier molecular flexibility index (Phi) is 5.11. The van der Waals surface area contributed by atoms with E-state index in [1.165, 1.54) is 11.3 Å². The van der Waals surface area contributed by atoms with Crippen molar-refractivity contribution >= 4 is 23.2 Å². The fourth-order valence-electron chi connectivity index (χ4n) is 2.18. The number of esters is 1. The monoisotopic (exact) mass is 296 g/mol. The number of carbonyl (C=O) groups is 2. The van der Waals surface area contributed by atoms with Gasteiger partial charge in [0, 0.05) is 18.5 Å². The third kappa shape index (κ3) is 4.30. The quantitative estimate of drug-likeness (QED) is 0.795. The summed E-state index contributed by atoms with van der Waals surface area (Å²) in [6, 6.07) is 0. The number of aryl methyl sites for hydroxylation is 1. The van der Waals surface area contributed by atoms with Gasteiger partial charge in [-0.1, -0.05) is 6.92 Å².